The average Bonchev–Trinajstić information content (AvgIpc) is 2.77. The summed E-state index contributed by atoms with van der Waals surface area (Å²) in [5.41, 5.74) is 3.03. The maximum atomic E-state index is 12.7. The van der Waals surface area contributed by atoms with Gasteiger partial charge in [-0.2, -0.15) is 0 Å². The lowest BCUT2D eigenvalue weighted by atomic mass is 10.1. The van der Waals surface area contributed by atoms with E-state index in [0.717, 1.165) is 11.1 Å². The highest BCUT2D eigenvalue weighted by Crippen LogP contribution is 2.21. The Balaban J connectivity index is 1.62. The topological polar surface area (TPSA) is 93.7 Å². The molecule has 0 spiro atoms. The second-order valence-electron chi connectivity index (χ2n) is 7.35. The van der Waals surface area contributed by atoms with Crippen LogP contribution < -0.4 is 19.5 Å². The quantitative estimate of drug-likeness (QED) is 0.522. The lowest BCUT2D eigenvalue weighted by Gasteiger charge is -2.15. The SMILES string of the molecule is COc1ccc(O[C@@H](C)C(=O)Nc2ccc(S(=O)(=O)Nc3ccc(C)c(C)c3)cc2)cc1. The molecule has 3 aromatic carbocycles. The van der Waals surface area contributed by atoms with Crippen LogP contribution >= 0.6 is 0 Å². The molecule has 0 bridgehead atoms. The molecular weight excluding hydrogens is 428 g/mol. The number of benzene rings is 3. The van der Waals surface area contributed by atoms with Crippen molar-refractivity contribution in [2.75, 3.05) is 17.1 Å². The van der Waals surface area contributed by atoms with Crippen LogP contribution in [0.15, 0.2) is 71.6 Å². The highest BCUT2D eigenvalue weighted by molar-refractivity contribution is 7.92. The van der Waals surface area contributed by atoms with E-state index in [2.05, 4.69) is 10.0 Å². The van der Waals surface area contributed by atoms with E-state index in [1.54, 1.807) is 50.4 Å². The molecule has 0 fully saturated rings. The first-order valence-corrected chi connectivity index (χ1v) is 11.5. The van der Waals surface area contributed by atoms with Crippen LogP contribution in [0.1, 0.15) is 18.1 Å². The number of hydrogen-bond donors (Lipinski definition) is 2. The minimum absolute atomic E-state index is 0.0938. The molecule has 3 rings (SSSR count). The molecule has 0 aliphatic heterocycles. The highest BCUT2D eigenvalue weighted by Gasteiger charge is 2.17. The summed E-state index contributed by atoms with van der Waals surface area (Å²) in [5, 5.41) is 2.72. The molecule has 1 atom stereocenters. The summed E-state index contributed by atoms with van der Waals surface area (Å²) in [4.78, 5) is 12.5. The Morgan fingerprint density at radius 2 is 1.44 bits per heavy atom. The van der Waals surface area contributed by atoms with Crippen molar-refractivity contribution in [3.8, 4) is 11.5 Å². The predicted molar refractivity (Wildman–Crippen MR) is 125 cm³/mol. The van der Waals surface area contributed by atoms with Gasteiger partial charge in [-0.1, -0.05) is 6.07 Å². The van der Waals surface area contributed by atoms with Gasteiger partial charge >= 0.3 is 0 Å². The second-order valence-corrected chi connectivity index (χ2v) is 9.04. The molecule has 0 heterocycles. The van der Waals surface area contributed by atoms with Crippen LogP contribution in [0.5, 0.6) is 11.5 Å². The molecule has 0 aliphatic rings. The Morgan fingerprint density at radius 3 is 2.03 bits per heavy atom. The molecule has 3 aromatic rings. The van der Waals surface area contributed by atoms with E-state index < -0.39 is 16.1 Å². The number of nitrogens with one attached hydrogen (secondary N) is 2. The number of anilines is 2. The van der Waals surface area contributed by atoms with Crippen LogP contribution in [0.3, 0.4) is 0 Å². The molecule has 0 aromatic heterocycles. The van der Waals surface area contributed by atoms with Crippen molar-refractivity contribution >= 4 is 27.3 Å². The first-order valence-electron chi connectivity index (χ1n) is 9.99. The van der Waals surface area contributed by atoms with Gasteiger partial charge in [0.25, 0.3) is 15.9 Å². The fraction of sp³-hybridized carbons (Fsp3) is 0.208. The Morgan fingerprint density at radius 1 is 0.844 bits per heavy atom. The van der Waals surface area contributed by atoms with Gasteiger partial charge in [0.15, 0.2) is 6.10 Å². The van der Waals surface area contributed by atoms with E-state index in [1.165, 1.54) is 24.3 Å². The standard InChI is InChI=1S/C24H26N2O5S/c1-16-5-6-20(15-17(16)2)26-32(28,29)23-13-7-19(8-14-23)25-24(27)18(3)31-22-11-9-21(30-4)10-12-22/h5-15,18,26H,1-4H3,(H,25,27)/t18-/m0/s1. The summed E-state index contributed by atoms with van der Waals surface area (Å²) in [6, 6.07) is 18.2. The van der Waals surface area contributed by atoms with Gasteiger partial charge < -0.3 is 14.8 Å². The van der Waals surface area contributed by atoms with Crippen LogP contribution in [-0.4, -0.2) is 27.5 Å². The number of carbonyl (C=O) groups excluding carboxylic acids is 1. The second kappa shape index (κ2) is 9.74. The lowest BCUT2D eigenvalue weighted by molar-refractivity contribution is -0.122. The normalized spacial score (nSPS) is 12.0. The molecule has 0 radical (unpaired) electrons. The maximum absolute atomic E-state index is 12.7. The van der Waals surface area contributed by atoms with Gasteiger partial charge in [-0.3, -0.25) is 9.52 Å². The fourth-order valence-corrected chi connectivity index (χ4v) is 3.94. The summed E-state index contributed by atoms with van der Waals surface area (Å²) in [7, 11) is -2.18. The number of carbonyl (C=O) groups is 1. The molecule has 1 amide bonds. The van der Waals surface area contributed by atoms with Crippen molar-refractivity contribution in [3.63, 3.8) is 0 Å². The number of amides is 1. The summed E-state index contributed by atoms with van der Waals surface area (Å²) in [5.74, 6) is 0.869. The van der Waals surface area contributed by atoms with Crippen LogP contribution in [0, 0.1) is 13.8 Å². The largest absolute Gasteiger partial charge is 0.497 e. The van der Waals surface area contributed by atoms with Crippen LogP contribution in [0.2, 0.25) is 0 Å². The van der Waals surface area contributed by atoms with Gasteiger partial charge in [0.1, 0.15) is 11.5 Å². The van der Waals surface area contributed by atoms with E-state index in [4.69, 9.17) is 9.47 Å². The van der Waals surface area contributed by atoms with Crippen molar-refractivity contribution in [1.82, 2.24) is 0 Å². The zero-order valence-corrected chi connectivity index (χ0v) is 19.2. The van der Waals surface area contributed by atoms with Crippen LogP contribution in [0.25, 0.3) is 0 Å². The van der Waals surface area contributed by atoms with Crippen molar-refractivity contribution < 1.29 is 22.7 Å². The number of ether oxygens (including phenoxy) is 2. The molecule has 0 aliphatic carbocycles. The van der Waals surface area contributed by atoms with Gasteiger partial charge in [0.2, 0.25) is 0 Å². The Labute approximate surface area is 188 Å². The van der Waals surface area contributed by atoms with Gasteiger partial charge in [0.05, 0.1) is 12.0 Å². The Kier molecular flexibility index (Phi) is 7.05. The number of aryl methyl sites for hydroxylation is 2. The zero-order valence-electron chi connectivity index (χ0n) is 18.4. The van der Waals surface area contributed by atoms with Gasteiger partial charge in [-0.05, 0) is 92.6 Å². The van der Waals surface area contributed by atoms with Crippen molar-refractivity contribution in [2.24, 2.45) is 0 Å². The number of hydrogen-bond acceptors (Lipinski definition) is 5. The summed E-state index contributed by atoms with van der Waals surface area (Å²) < 4.78 is 38.6. The Hall–Kier alpha value is -3.52. The molecule has 0 saturated heterocycles. The van der Waals surface area contributed by atoms with Crippen LogP contribution in [0.4, 0.5) is 11.4 Å². The highest BCUT2D eigenvalue weighted by atomic mass is 32.2. The molecule has 2 N–H and O–H groups in total. The molecule has 8 heteroatoms. The maximum Gasteiger partial charge on any atom is 0.265 e. The lowest BCUT2D eigenvalue weighted by Crippen LogP contribution is -2.30. The fourth-order valence-electron chi connectivity index (χ4n) is 2.89. The van der Waals surface area contributed by atoms with Crippen molar-refractivity contribution in [1.29, 1.82) is 0 Å². The molecule has 0 unspecified atom stereocenters. The smallest absolute Gasteiger partial charge is 0.265 e. The van der Waals surface area contributed by atoms with Crippen molar-refractivity contribution in [3.05, 3.63) is 77.9 Å². The molecule has 0 saturated carbocycles. The number of sulfonamides is 1. The summed E-state index contributed by atoms with van der Waals surface area (Å²) in [6.45, 7) is 5.51. The van der Waals surface area contributed by atoms with E-state index in [0.29, 0.717) is 22.9 Å². The van der Waals surface area contributed by atoms with Gasteiger partial charge in [0, 0.05) is 11.4 Å². The molecule has 168 valence electrons. The zero-order chi connectivity index (χ0) is 23.3. The van der Waals surface area contributed by atoms with E-state index >= 15 is 0 Å². The third kappa shape index (κ3) is 5.79. The van der Waals surface area contributed by atoms with Gasteiger partial charge in [-0.15, -0.1) is 0 Å². The number of rotatable bonds is 8. The first kappa shape index (κ1) is 23.1. The van der Waals surface area contributed by atoms with Crippen LogP contribution in [-0.2, 0) is 14.8 Å². The van der Waals surface area contributed by atoms with Gasteiger partial charge in [-0.25, -0.2) is 8.42 Å². The summed E-state index contributed by atoms with van der Waals surface area (Å²) in [6.07, 6.45) is -0.752. The minimum atomic E-state index is -3.75. The van der Waals surface area contributed by atoms with E-state index in [9.17, 15) is 13.2 Å². The predicted octanol–water partition coefficient (Wildman–Crippen LogP) is 4.52. The molecule has 32 heavy (non-hydrogen) atoms. The monoisotopic (exact) mass is 454 g/mol. The molecular formula is C24H26N2O5S. The minimum Gasteiger partial charge on any atom is -0.497 e. The Bertz CT molecular complexity index is 1190. The third-order valence-corrected chi connectivity index (χ3v) is 6.33. The summed E-state index contributed by atoms with van der Waals surface area (Å²) >= 11 is 0. The van der Waals surface area contributed by atoms with Crippen molar-refractivity contribution in [2.45, 2.75) is 31.8 Å². The molecule has 7 nitrogen and oxygen atoms in total. The van der Waals surface area contributed by atoms with E-state index in [-0.39, 0.29) is 10.8 Å². The first-order chi connectivity index (χ1) is 15.2. The number of methoxy groups -OCH3 is 1. The average molecular weight is 455 g/mol. The third-order valence-electron chi connectivity index (χ3n) is 4.93. The van der Waals surface area contributed by atoms with E-state index in [1.807, 2.05) is 19.9 Å².